The van der Waals surface area contributed by atoms with Gasteiger partial charge in [0.25, 0.3) is 5.91 Å². The molecule has 1 atom stereocenters. The lowest BCUT2D eigenvalue weighted by atomic mass is 10.2. The number of benzene rings is 1. The Hall–Kier alpha value is -0.750. The summed E-state index contributed by atoms with van der Waals surface area (Å²) in [5.41, 5.74) is 0.238. The van der Waals surface area contributed by atoms with Crippen molar-refractivity contribution in [1.29, 1.82) is 0 Å². The normalized spacial score (nSPS) is 12.2. The third-order valence-electron chi connectivity index (χ3n) is 1.87. The van der Waals surface area contributed by atoms with Gasteiger partial charge < -0.3 is 5.32 Å². The van der Waals surface area contributed by atoms with E-state index in [0.717, 1.165) is 0 Å². The Kier molecular flexibility index (Phi) is 5.08. The Balaban J connectivity index is 2.66. The second kappa shape index (κ2) is 6.10. The van der Waals surface area contributed by atoms with E-state index in [2.05, 4.69) is 21.2 Å². The van der Waals surface area contributed by atoms with Crippen LogP contribution in [0.3, 0.4) is 0 Å². The summed E-state index contributed by atoms with van der Waals surface area (Å²) in [6, 6.07) is 4.25. The SMILES string of the molecule is CS(=O)CCNC(=O)c1cccc(F)c1Br. The first-order chi connectivity index (χ1) is 7.52. The number of nitrogens with one attached hydrogen (secondary N) is 1. The number of halogens is 2. The van der Waals surface area contributed by atoms with E-state index in [9.17, 15) is 13.4 Å². The predicted octanol–water partition coefficient (Wildman–Crippen LogP) is 1.70. The zero-order valence-corrected chi connectivity index (χ0v) is 11.0. The fraction of sp³-hybridized carbons (Fsp3) is 0.300. The smallest absolute Gasteiger partial charge is 0.252 e. The number of amides is 1. The Bertz CT molecular complexity index is 425. The van der Waals surface area contributed by atoms with Gasteiger partial charge in [0, 0.05) is 29.4 Å². The maximum atomic E-state index is 13.1. The van der Waals surface area contributed by atoms with Gasteiger partial charge in [0.05, 0.1) is 10.0 Å². The standard InChI is InChI=1S/C10H11BrFNO2S/c1-16(15)6-5-13-10(14)7-3-2-4-8(12)9(7)11/h2-4H,5-6H2,1H3,(H,13,14). The zero-order valence-electron chi connectivity index (χ0n) is 8.63. The van der Waals surface area contributed by atoms with E-state index < -0.39 is 16.6 Å². The van der Waals surface area contributed by atoms with Crippen molar-refractivity contribution in [3.63, 3.8) is 0 Å². The first-order valence-electron chi connectivity index (χ1n) is 4.54. The minimum absolute atomic E-state index is 0.144. The first-order valence-corrected chi connectivity index (χ1v) is 7.06. The largest absolute Gasteiger partial charge is 0.351 e. The van der Waals surface area contributed by atoms with E-state index in [1.165, 1.54) is 18.2 Å². The molecule has 1 aromatic carbocycles. The first kappa shape index (κ1) is 13.3. The molecule has 0 aliphatic heterocycles. The quantitative estimate of drug-likeness (QED) is 0.920. The highest BCUT2D eigenvalue weighted by Gasteiger charge is 2.12. The fourth-order valence-electron chi connectivity index (χ4n) is 1.08. The molecule has 1 aromatic rings. The number of hydrogen-bond donors (Lipinski definition) is 1. The lowest BCUT2D eigenvalue weighted by Gasteiger charge is -2.06. The minimum atomic E-state index is -0.949. The molecule has 0 spiro atoms. The minimum Gasteiger partial charge on any atom is -0.351 e. The van der Waals surface area contributed by atoms with Crippen LogP contribution in [-0.2, 0) is 10.8 Å². The Morgan fingerprint density at radius 2 is 2.25 bits per heavy atom. The van der Waals surface area contributed by atoms with Crippen LogP contribution < -0.4 is 5.32 Å². The molecule has 0 aliphatic rings. The predicted molar refractivity (Wildman–Crippen MR) is 65.4 cm³/mol. The number of rotatable bonds is 4. The van der Waals surface area contributed by atoms with Crippen molar-refractivity contribution in [2.45, 2.75) is 0 Å². The second-order valence-corrected chi connectivity index (χ2v) is 5.48. The number of hydrogen-bond acceptors (Lipinski definition) is 2. The van der Waals surface area contributed by atoms with Gasteiger partial charge in [-0.05, 0) is 28.1 Å². The molecule has 6 heteroatoms. The Morgan fingerprint density at radius 1 is 1.56 bits per heavy atom. The van der Waals surface area contributed by atoms with Crippen LogP contribution in [0.5, 0.6) is 0 Å². The fourth-order valence-corrected chi connectivity index (χ4v) is 1.92. The number of carbonyl (C=O) groups excluding carboxylic acids is 1. The molecule has 1 amide bonds. The van der Waals surface area contributed by atoms with E-state index in [0.29, 0.717) is 12.3 Å². The van der Waals surface area contributed by atoms with Gasteiger partial charge in [0.15, 0.2) is 0 Å². The molecule has 0 bridgehead atoms. The highest BCUT2D eigenvalue weighted by molar-refractivity contribution is 9.10. The highest BCUT2D eigenvalue weighted by atomic mass is 79.9. The van der Waals surface area contributed by atoms with Crippen LogP contribution in [0.4, 0.5) is 4.39 Å². The molecule has 0 heterocycles. The molecule has 16 heavy (non-hydrogen) atoms. The molecule has 1 rings (SSSR count). The number of carbonyl (C=O) groups is 1. The molecule has 0 saturated carbocycles. The van der Waals surface area contributed by atoms with Crippen LogP contribution in [0, 0.1) is 5.82 Å². The van der Waals surface area contributed by atoms with Gasteiger partial charge in [0.1, 0.15) is 5.82 Å². The molecule has 3 nitrogen and oxygen atoms in total. The molecule has 88 valence electrons. The maximum Gasteiger partial charge on any atom is 0.252 e. The van der Waals surface area contributed by atoms with Crippen molar-refractivity contribution in [2.75, 3.05) is 18.6 Å². The van der Waals surface area contributed by atoms with Crippen LogP contribution in [0.15, 0.2) is 22.7 Å². The van der Waals surface area contributed by atoms with Crippen LogP contribution in [0.2, 0.25) is 0 Å². The maximum absolute atomic E-state index is 13.1. The van der Waals surface area contributed by atoms with Crippen molar-refractivity contribution in [2.24, 2.45) is 0 Å². The van der Waals surface area contributed by atoms with E-state index in [1.54, 1.807) is 6.26 Å². The van der Waals surface area contributed by atoms with Crippen molar-refractivity contribution in [3.05, 3.63) is 34.1 Å². The van der Waals surface area contributed by atoms with E-state index in [4.69, 9.17) is 0 Å². The molecule has 1 N–H and O–H groups in total. The zero-order chi connectivity index (χ0) is 12.1. The van der Waals surface area contributed by atoms with Crippen molar-refractivity contribution in [3.8, 4) is 0 Å². The summed E-state index contributed by atoms with van der Waals surface area (Å²) in [6.07, 6.45) is 1.56. The lowest BCUT2D eigenvalue weighted by Crippen LogP contribution is -2.27. The molecule has 0 aromatic heterocycles. The van der Waals surface area contributed by atoms with E-state index in [1.807, 2.05) is 0 Å². The summed E-state index contributed by atoms with van der Waals surface area (Å²) in [5, 5.41) is 2.57. The van der Waals surface area contributed by atoms with Gasteiger partial charge in [0.2, 0.25) is 0 Å². The van der Waals surface area contributed by atoms with Crippen molar-refractivity contribution >= 4 is 32.6 Å². The molecule has 1 unspecified atom stereocenters. The summed E-state index contributed by atoms with van der Waals surface area (Å²) < 4.78 is 24.0. The molecule has 0 saturated heterocycles. The summed E-state index contributed by atoms with van der Waals surface area (Å²) in [5.74, 6) is -0.470. The summed E-state index contributed by atoms with van der Waals surface area (Å²) >= 11 is 3.01. The lowest BCUT2D eigenvalue weighted by molar-refractivity contribution is 0.0955. The summed E-state index contributed by atoms with van der Waals surface area (Å²) in [4.78, 5) is 11.6. The third-order valence-corrected chi connectivity index (χ3v) is 3.46. The summed E-state index contributed by atoms with van der Waals surface area (Å²) in [6.45, 7) is 0.310. The Morgan fingerprint density at radius 3 is 2.88 bits per heavy atom. The third kappa shape index (κ3) is 3.68. The van der Waals surface area contributed by atoms with Gasteiger partial charge in [-0.2, -0.15) is 0 Å². The average Bonchev–Trinajstić information content (AvgIpc) is 2.21. The van der Waals surface area contributed by atoms with Crippen LogP contribution >= 0.6 is 15.9 Å². The second-order valence-electron chi connectivity index (χ2n) is 3.13. The van der Waals surface area contributed by atoms with Crippen LogP contribution in [-0.4, -0.2) is 28.7 Å². The van der Waals surface area contributed by atoms with Gasteiger partial charge in [-0.3, -0.25) is 9.00 Å². The monoisotopic (exact) mass is 307 g/mol. The topological polar surface area (TPSA) is 46.2 Å². The van der Waals surface area contributed by atoms with Crippen LogP contribution in [0.25, 0.3) is 0 Å². The molecule has 0 fully saturated rings. The van der Waals surface area contributed by atoms with Crippen molar-refractivity contribution < 1.29 is 13.4 Å². The average molecular weight is 308 g/mol. The molecular weight excluding hydrogens is 297 g/mol. The van der Waals surface area contributed by atoms with Crippen LogP contribution in [0.1, 0.15) is 10.4 Å². The van der Waals surface area contributed by atoms with Crippen molar-refractivity contribution in [1.82, 2.24) is 5.32 Å². The Labute approximate surface area is 104 Å². The summed E-state index contributed by atoms with van der Waals surface area (Å²) in [7, 11) is -0.949. The van der Waals surface area contributed by atoms with E-state index in [-0.39, 0.29) is 15.9 Å². The van der Waals surface area contributed by atoms with E-state index >= 15 is 0 Å². The highest BCUT2D eigenvalue weighted by Crippen LogP contribution is 2.19. The van der Waals surface area contributed by atoms with Gasteiger partial charge in [-0.1, -0.05) is 6.07 Å². The van der Waals surface area contributed by atoms with Gasteiger partial charge in [-0.25, -0.2) is 4.39 Å². The molecule has 0 radical (unpaired) electrons. The van der Waals surface area contributed by atoms with Gasteiger partial charge in [-0.15, -0.1) is 0 Å². The molecule has 0 aliphatic carbocycles. The molecular formula is C10H11BrFNO2S. The van der Waals surface area contributed by atoms with Gasteiger partial charge >= 0.3 is 0 Å².